The summed E-state index contributed by atoms with van der Waals surface area (Å²) in [5.41, 5.74) is 0.704. The third-order valence-electron chi connectivity index (χ3n) is 4.16. The third kappa shape index (κ3) is 4.53. The average molecular weight is 421 g/mol. The number of nitrogens with zero attached hydrogens (tertiary/aromatic N) is 4. The molecule has 0 bridgehead atoms. The van der Waals surface area contributed by atoms with Gasteiger partial charge in [0, 0.05) is 20.1 Å². The van der Waals surface area contributed by atoms with Crippen LogP contribution < -0.4 is 4.74 Å². The van der Waals surface area contributed by atoms with Gasteiger partial charge in [0.15, 0.2) is 22.5 Å². The second kappa shape index (κ2) is 9.20. The van der Waals surface area contributed by atoms with Gasteiger partial charge in [-0.1, -0.05) is 23.9 Å². The average Bonchev–Trinajstić information content (AvgIpc) is 3.35. The van der Waals surface area contributed by atoms with Crippen LogP contribution in [0.4, 0.5) is 4.39 Å². The molecule has 6 nitrogen and oxygen atoms in total. The van der Waals surface area contributed by atoms with Crippen molar-refractivity contribution in [3.05, 3.63) is 47.1 Å². The summed E-state index contributed by atoms with van der Waals surface area (Å²) in [5.74, 6) is 0.734. The second-order valence-corrected chi connectivity index (χ2v) is 7.93. The van der Waals surface area contributed by atoms with Crippen molar-refractivity contribution in [2.24, 2.45) is 0 Å². The van der Waals surface area contributed by atoms with Crippen LogP contribution >= 0.6 is 23.1 Å². The van der Waals surface area contributed by atoms with Gasteiger partial charge in [0.1, 0.15) is 0 Å². The lowest BCUT2D eigenvalue weighted by Gasteiger charge is -2.17. The highest BCUT2D eigenvalue weighted by atomic mass is 32.2. The number of rotatable bonds is 8. The monoisotopic (exact) mass is 420 g/mol. The summed E-state index contributed by atoms with van der Waals surface area (Å²) in [7, 11) is 3.12. The Morgan fingerprint density at radius 3 is 2.82 bits per heavy atom. The topological polar surface area (TPSA) is 60.2 Å². The number of hydrogen-bond donors (Lipinski definition) is 0. The zero-order valence-electron chi connectivity index (χ0n) is 15.9. The summed E-state index contributed by atoms with van der Waals surface area (Å²) >= 11 is 2.96. The molecule has 0 saturated carbocycles. The fourth-order valence-electron chi connectivity index (χ4n) is 2.68. The molecule has 1 amide bonds. The van der Waals surface area contributed by atoms with Gasteiger partial charge in [0.2, 0.25) is 5.91 Å². The van der Waals surface area contributed by atoms with Gasteiger partial charge >= 0.3 is 0 Å². The Bertz CT molecular complexity index is 944. The molecule has 2 aromatic heterocycles. The van der Waals surface area contributed by atoms with E-state index < -0.39 is 5.82 Å². The Morgan fingerprint density at radius 1 is 1.36 bits per heavy atom. The minimum Gasteiger partial charge on any atom is -0.494 e. The molecule has 0 unspecified atom stereocenters. The molecule has 0 aliphatic heterocycles. The predicted octanol–water partition coefficient (Wildman–Crippen LogP) is 3.92. The summed E-state index contributed by atoms with van der Waals surface area (Å²) in [6, 6.07) is 8.67. The minimum atomic E-state index is -0.438. The highest BCUT2D eigenvalue weighted by Gasteiger charge is 2.17. The second-order valence-electron chi connectivity index (χ2n) is 6.04. The quantitative estimate of drug-likeness (QED) is 0.517. The number of benzene rings is 1. The molecule has 1 aromatic carbocycles. The number of thioether (sulfide) groups is 1. The fraction of sp³-hybridized carbons (Fsp3) is 0.316. The van der Waals surface area contributed by atoms with Crippen LogP contribution in [-0.2, 0) is 17.9 Å². The highest BCUT2D eigenvalue weighted by Crippen LogP contribution is 2.27. The molecule has 9 heteroatoms. The van der Waals surface area contributed by atoms with E-state index >= 15 is 0 Å². The molecule has 2 heterocycles. The lowest BCUT2D eigenvalue weighted by molar-refractivity contribution is -0.127. The van der Waals surface area contributed by atoms with Crippen molar-refractivity contribution < 1.29 is 13.9 Å². The number of hydrogen-bond acceptors (Lipinski definition) is 6. The van der Waals surface area contributed by atoms with E-state index in [4.69, 9.17) is 4.74 Å². The molecule has 0 N–H and O–H groups in total. The van der Waals surface area contributed by atoms with Crippen LogP contribution in [0.2, 0.25) is 0 Å². The van der Waals surface area contributed by atoms with Crippen molar-refractivity contribution in [1.29, 1.82) is 0 Å². The Kier molecular flexibility index (Phi) is 6.69. The summed E-state index contributed by atoms with van der Waals surface area (Å²) in [6.07, 6.45) is 0. The van der Waals surface area contributed by atoms with Gasteiger partial charge in [0.25, 0.3) is 0 Å². The zero-order valence-corrected chi connectivity index (χ0v) is 17.5. The van der Waals surface area contributed by atoms with E-state index in [2.05, 4.69) is 10.2 Å². The van der Waals surface area contributed by atoms with Gasteiger partial charge in [-0.3, -0.25) is 4.79 Å². The van der Waals surface area contributed by atoms with Crippen molar-refractivity contribution in [2.75, 3.05) is 19.9 Å². The third-order valence-corrected chi connectivity index (χ3v) is 5.98. The standard InChI is InChI=1S/C19H21FN4O2S2/c1-4-24-18(16-6-5-9-27-16)21-22-19(24)28-12-17(25)23(2)11-13-7-8-15(26-3)14(20)10-13/h5-10H,4,11-12H2,1-3H3. The molecule has 28 heavy (non-hydrogen) atoms. The maximum atomic E-state index is 13.8. The van der Waals surface area contributed by atoms with E-state index in [-0.39, 0.29) is 17.4 Å². The first-order valence-corrected chi connectivity index (χ1v) is 10.6. The highest BCUT2D eigenvalue weighted by molar-refractivity contribution is 7.99. The first-order valence-electron chi connectivity index (χ1n) is 8.69. The van der Waals surface area contributed by atoms with E-state index in [1.54, 1.807) is 35.4 Å². The van der Waals surface area contributed by atoms with Crippen LogP contribution in [0.15, 0.2) is 40.9 Å². The normalized spacial score (nSPS) is 10.9. The molecular formula is C19H21FN4O2S2. The van der Waals surface area contributed by atoms with Crippen LogP contribution in [0.3, 0.4) is 0 Å². The van der Waals surface area contributed by atoms with Crippen LogP contribution in [0.1, 0.15) is 12.5 Å². The first kappa shape index (κ1) is 20.3. The molecular weight excluding hydrogens is 399 g/mol. The summed E-state index contributed by atoms with van der Waals surface area (Å²) in [5, 5.41) is 11.2. The van der Waals surface area contributed by atoms with Gasteiger partial charge < -0.3 is 14.2 Å². The van der Waals surface area contributed by atoms with Crippen molar-refractivity contribution in [1.82, 2.24) is 19.7 Å². The number of carbonyl (C=O) groups is 1. The number of amides is 1. The Hall–Kier alpha value is -2.39. The Balaban J connectivity index is 1.61. The van der Waals surface area contributed by atoms with E-state index in [0.717, 1.165) is 17.2 Å². The molecule has 0 aliphatic rings. The van der Waals surface area contributed by atoms with Gasteiger partial charge in [-0.15, -0.1) is 21.5 Å². The van der Waals surface area contributed by atoms with Gasteiger partial charge in [0.05, 0.1) is 17.7 Å². The van der Waals surface area contributed by atoms with Crippen molar-refractivity contribution in [3.8, 4) is 16.5 Å². The zero-order chi connectivity index (χ0) is 20.1. The predicted molar refractivity (Wildman–Crippen MR) is 109 cm³/mol. The van der Waals surface area contributed by atoms with Crippen LogP contribution in [0.25, 0.3) is 10.7 Å². The number of ether oxygens (including phenoxy) is 1. The molecule has 0 radical (unpaired) electrons. The Labute approximate surface area is 171 Å². The molecule has 0 aliphatic carbocycles. The first-order chi connectivity index (χ1) is 13.5. The maximum Gasteiger partial charge on any atom is 0.233 e. The van der Waals surface area contributed by atoms with Gasteiger partial charge in [-0.25, -0.2) is 4.39 Å². The maximum absolute atomic E-state index is 13.8. The van der Waals surface area contributed by atoms with Crippen molar-refractivity contribution in [3.63, 3.8) is 0 Å². The molecule has 3 aromatic rings. The largest absolute Gasteiger partial charge is 0.494 e. The smallest absolute Gasteiger partial charge is 0.233 e. The molecule has 0 spiro atoms. The number of thiophene rings is 1. The van der Waals surface area contributed by atoms with Crippen LogP contribution in [-0.4, -0.2) is 45.5 Å². The van der Waals surface area contributed by atoms with E-state index in [0.29, 0.717) is 17.3 Å². The summed E-state index contributed by atoms with van der Waals surface area (Å²) < 4.78 is 20.7. The van der Waals surface area contributed by atoms with E-state index in [9.17, 15) is 9.18 Å². The van der Waals surface area contributed by atoms with Crippen molar-refractivity contribution >= 4 is 29.0 Å². The molecule has 0 saturated heterocycles. The van der Waals surface area contributed by atoms with Gasteiger partial charge in [-0.05, 0) is 36.1 Å². The van der Waals surface area contributed by atoms with Gasteiger partial charge in [-0.2, -0.15) is 0 Å². The van der Waals surface area contributed by atoms with E-state index in [1.165, 1.54) is 24.9 Å². The number of methoxy groups -OCH3 is 1. The number of halogens is 1. The lowest BCUT2D eigenvalue weighted by atomic mass is 10.2. The number of carbonyl (C=O) groups excluding carboxylic acids is 1. The van der Waals surface area contributed by atoms with Crippen molar-refractivity contribution in [2.45, 2.75) is 25.2 Å². The molecule has 0 atom stereocenters. The minimum absolute atomic E-state index is 0.0652. The van der Waals surface area contributed by atoms with Crippen LogP contribution in [0.5, 0.6) is 5.75 Å². The SMILES string of the molecule is CCn1c(SCC(=O)N(C)Cc2ccc(OC)c(F)c2)nnc1-c1cccs1. The summed E-state index contributed by atoms with van der Waals surface area (Å²) in [4.78, 5) is 15.1. The number of aromatic nitrogens is 3. The molecule has 148 valence electrons. The van der Waals surface area contributed by atoms with Crippen LogP contribution in [0, 0.1) is 5.82 Å². The van der Waals surface area contributed by atoms with E-state index in [1.807, 2.05) is 29.0 Å². The fourth-order valence-corrected chi connectivity index (χ4v) is 4.34. The Morgan fingerprint density at radius 2 is 2.18 bits per heavy atom. The molecule has 3 rings (SSSR count). The molecule has 0 fully saturated rings. The summed E-state index contributed by atoms with van der Waals surface area (Å²) in [6.45, 7) is 3.07. The lowest BCUT2D eigenvalue weighted by Crippen LogP contribution is -2.28.